The van der Waals surface area contributed by atoms with Crippen LogP contribution in [0.3, 0.4) is 0 Å². The van der Waals surface area contributed by atoms with E-state index >= 15 is 0 Å². The van der Waals surface area contributed by atoms with Gasteiger partial charge in [-0.1, -0.05) is 12.1 Å². The minimum atomic E-state index is -0.0584. The third-order valence-electron chi connectivity index (χ3n) is 3.33. The summed E-state index contributed by atoms with van der Waals surface area (Å²) in [6, 6.07) is 7.52. The maximum absolute atomic E-state index is 11.8. The van der Waals surface area contributed by atoms with E-state index in [9.17, 15) is 4.79 Å². The van der Waals surface area contributed by atoms with Crippen LogP contribution in [0.15, 0.2) is 24.3 Å². The lowest BCUT2D eigenvalue weighted by atomic mass is 10.3. The van der Waals surface area contributed by atoms with Gasteiger partial charge in [-0.25, -0.2) is 0 Å². The quantitative estimate of drug-likeness (QED) is 0.643. The Morgan fingerprint density at radius 3 is 2.69 bits per heavy atom. The number of amides is 1. The van der Waals surface area contributed by atoms with Gasteiger partial charge in [0, 0.05) is 6.04 Å². The largest absolute Gasteiger partial charge is 0.495 e. The Kier molecular flexibility index (Phi) is 6.67. The van der Waals surface area contributed by atoms with Gasteiger partial charge in [-0.15, -0.1) is 0 Å². The summed E-state index contributed by atoms with van der Waals surface area (Å²) in [5.74, 6) is 1.49. The van der Waals surface area contributed by atoms with Crippen molar-refractivity contribution in [3.63, 3.8) is 0 Å². The number of para-hydroxylation sites is 2. The average Bonchev–Trinajstić information content (AvgIpc) is 2.53. The van der Waals surface area contributed by atoms with Crippen LogP contribution in [0.2, 0.25) is 0 Å². The highest BCUT2D eigenvalue weighted by Gasteiger charge is 2.12. The number of nitrogens with zero attached hydrogens (tertiary/aromatic N) is 4. The third kappa shape index (κ3) is 5.85. The Morgan fingerprint density at radius 1 is 1.27 bits per heavy atom. The molecule has 4 N–H and O–H groups in total. The van der Waals surface area contributed by atoms with Gasteiger partial charge >= 0.3 is 0 Å². The first kappa shape index (κ1) is 19.4. The van der Waals surface area contributed by atoms with E-state index in [0.717, 1.165) is 5.69 Å². The molecule has 0 bridgehead atoms. The van der Waals surface area contributed by atoms with Crippen LogP contribution in [0.5, 0.6) is 5.75 Å². The lowest BCUT2D eigenvalue weighted by Crippen LogP contribution is -2.38. The van der Waals surface area contributed by atoms with Crippen molar-refractivity contribution >= 4 is 23.5 Å². The van der Waals surface area contributed by atoms with E-state index in [1.165, 1.54) is 0 Å². The SMILES string of the molecule is COc1ccccc1Nc1nc(N)nc(CN(C)CC(=O)NC(C)C)n1. The zero-order valence-corrected chi connectivity index (χ0v) is 15.5. The van der Waals surface area contributed by atoms with Gasteiger partial charge in [-0.3, -0.25) is 9.69 Å². The molecule has 0 saturated carbocycles. The van der Waals surface area contributed by atoms with Crippen molar-refractivity contribution in [1.29, 1.82) is 0 Å². The number of carbonyl (C=O) groups is 1. The molecule has 0 atom stereocenters. The number of anilines is 3. The molecule has 0 aliphatic carbocycles. The highest BCUT2D eigenvalue weighted by atomic mass is 16.5. The Morgan fingerprint density at radius 2 is 2.00 bits per heavy atom. The summed E-state index contributed by atoms with van der Waals surface area (Å²) in [7, 11) is 3.40. The smallest absolute Gasteiger partial charge is 0.234 e. The van der Waals surface area contributed by atoms with Gasteiger partial charge in [0.1, 0.15) is 11.6 Å². The molecule has 140 valence electrons. The predicted molar refractivity (Wildman–Crippen MR) is 100 cm³/mol. The second-order valence-corrected chi connectivity index (χ2v) is 6.15. The number of nitrogen functional groups attached to an aromatic ring is 1. The van der Waals surface area contributed by atoms with Gasteiger partial charge < -0.3 is 21.1 Å². The molecule has 1 aromatic carbocycles. The zero-order chi connectivity index (χ0) is 19.1. The molecule has 2 aromatic rings. The molecule has 0 unspecified atom stereocenters. The second kappa shape index (κ2) is 8.95. The molecule has 0 aliphatic rings. The van der Waals surface area contributed by atoms with Crippen LogP contribution in [-0.4, -0.2) is 52.5 Å². The van der Waals surface area contributed by atoms with Crippen molar-refractivity contribution in [2.75, 3.05) is 31.8 Å². The van der Waals surface area contributed by atoms with Crippen molar-refractivity contribution < 1.29 is 9.53 Å². The Labute approximate surface area is 153 Å². The van der Waals surface area contributed by atoms with Crippen molar-refractivity contribution in [2.24, 2.45) is 0 Å². The highest BCUT2D eigenvalue weighted by molar-refractivity contribution is 5.78. The number of aromatic nitrogens is 3. The fourth-order valence-electron chi connectivity index (χ4n) is 2.34. The summed E-state index contributed by atoms with van der Waals surface area (Å²) >= 11 is 0. The molecule has 0 saturated heterocycles. The number of nitrogens with one attached hydrogen (secondary N) is 2. The Bertz CT molecular complexity index is 752. The summed E-state index contributed by atoms with van der Waals surface area (Å²) in [5.41, 5.74) is 6.51. The summed E-state index contributed by atoms with van der Waals surface area (Å²) in [6.07, 6.45) is 0. The van der Waals surface area contributed by atoms with E-state index in [0.29, 0.717) is 24.1 Å². The van der Waals surface area contributed by atoms with Crippen molar-refractivity contribution in [3.8, 4) is 5.75 Å². The van der Waals surface area contributed by atoms with E-state index in [1.807, 2.05) is 45.2 Å². The number of rotatable bonds is 8. The van der Waals surface area contributed by atoms with Gasteiger partial charge in [0.15, 0.2) is 0 Å². The molecule has 9 heteroatoms. The van der Waals surface area contributed by atoms with Crippen LogP contribution in [0, 0.1) is 0 Å². The standard InChI is InChI=1S/C17H25N7O2/c1-11(2)19-15(25)10-24(3)9-14-21-16(18)23-17(22-14)20-12-7-5-6-8-13(12)26-4/h5-8,11H,9-10H2,1-4H3,(H,19,25)(H3,18,20,21,22,23). The number of ether oxygens (including phenoxy) is 1. The fraction of sp³-hybridized carbons (Fsp3) is 0.412. The van der Waals surface area contributed by atoms with E-state index in [1.54, 1.807) is 12.0 Å². The lowest BCUT2D eigenvalue weighted by Gasteiger charge is -2.17. The molecule has 0 aliphatic heterocycles. The number of likely N-dealkylation sites (N-methyl/N-ethyl adjacent to an activating group) is 1. The van der Waals surface area contributed by atoms with E-state index in [-0.39, 0.29) is 24.4 Å². The van der Waals surface area contributed by atoms with Gasteiger partial charge in [-0.2, -0.15) is 15.0 Å². The number of hydrogen-bond acceptors (Lipinski definition) is 8. The number of benzene rings is 1. The summed E-state index contributed by atoms with van der Waals surface area (Å²) < 4.78 is 5.30. The van der Waals surface area contributed by atoms with Crippen LogP contribution < -0.4 is 21.1 Å². The number of nitrogens with two attached hydrogens (primary N) is 1. The van der Waals surface area contributed by atoms with Crippen molar-refractivity contribution in [1.82, 2.24) is 25.2 Å². The van der Waals surface area contributed by atoms with Gasteiger partial charge in [0.25, 0.3) is 0 Å². The summed E-state index contributed by atoms with van der Waals surface area (Å²) in [5, 5.41) is 5.92. The lowest BCUT2D eigenvalue weighted by molar-refractivity contribution is -0.122. The summed E-state index contributed by atoms with van der Waals surface area (Å²) in [4.78, 5) is 26.3. The second-order valence-electron chi connectivity index (χ2n) is 6.15. The molecule has 1 heterocycles. The van der Waals surface area contributed by atoms with Crippen molar-refractivity contribution in [2.45, 2.75) is 26.4 Å². The highest BCUT2D eigenvalue weighted by Crippen LogP contribution is 2.25. The molecule has 2 rings (SSSR count). The number of hydrogen-bond donors (Lipinski definition) is 3. The Hall–Kier alpha value is -2.94. The maximum Gasteiger partial charge on any atom is 0.234 e. The molecule has 9 nitrogen and oxygen atoms in total. The molecule has 0 fully saturated rings. The molecular weight excluding hydrogens is 334 g/mol. The number of methoxy groups -OCH3 is 1. The van der Waals surface area contributed by atoms with E-state index < -0.39 is 0 Å². The molecule has 0 spiro atoms. The van der Waals surface area contributed by atoms with Crippen LogP contribution in [0.25, 0.3) is 0 Å². The van der Waals surface area contributed by atoms with Crippen molar-refractivity contribution in [3.05, 3.63) is 30.1 Å². The van der Waals surface area contributed by atoms with E-state index in [2.05, 4.69) is 25.6 Å². The normalized spacial score (nSPS) is 10.8. The first-order valence-corrected chi connectivity index (χ1v) is 8.25. The number of carbonyl (C=O) groups excluding carboxylic acids is 1. The first-order valence-electron chi connectivity index (χ1n) is 8.25. The topological polar surface area (TPSA) is 118 Å². The van der Waals surface area contributed by atoms with Crippen LogP contribution in [-0.2, 0) is 11.3 Å². The first-order chi connectivity index (χ1) is 12.4. The zero-order valence-electron chi connectivity index (χ0n) is 15.5. The maximum atomic E-state index is 11.8. The third-order valence-corrected chi connectivity index (χ3v) is 3.33. The fourth-order valence-corrected chi connectivity index (χ4v) is 2.34. The molecule has 1 amide bonds. The predicted octanol–water partition coefficient (Wildman–Crippen LogP) is 1.16. The molecule has 26 heavy (non-hydrogen) atoms. The van der Waals surface area contributed by atoms with E-state index in [4.69, 9.17) is 10.5 Å². The van der Waals surface area contributed by atoms with Crippen LogP contribution in [0.4, 0.5) is 17.6 Å². The van der Waals surface area contributed by atoms with Gasteiger partial charge in [-0.05, 0) is 33.0 Å². The molecule has 1 aromatic heterocycles. The average molecular weight is 359 g/mol. The van der Waals surface area contributed by atoms with Gasteiger partial charge in [0.05, 0.1) is 25.9 Å². The molecular formula is C17H25N7O2. The minimum absolute atomic E-state index is 0.0584. The monoisotopic (exact) mass is 359 g/mol. The molecule has 0 radical (unpaired) electrons. The van der Waals surface area contributed by atoms with Crippen LogP contribution >= 0.6 is 0 Å². The Balaban J connectivity index is 2.08. The van der Waals surface area contributed by atoms with Crippen LogP contribution in [0.1, 0.15) is 19.7 Å². The minimum Gasteiger partial charge on any atom is -0.495 e. The van der Waals surface area contributed by atoms with Gasteiger partial charge in [0.2, 0.25) is 17.8 Å². The summed E-state index contributed by atoms with van der Waals surface area (Å²) in [6.45, 7) is 4.43.